The first kappa shape index (κ1) is 14.8. The third-order valence-corrected chi connectivity index (χ3v) is 4.32. The Hall–Kier alpha value is -0.210. The molecule has 0 atom stereocenters. The van der Waals surface area contributed by atoms with Gasteiger partial charge in [-0.2, -0.15) is 0 Å². The molecule has 0 aromatic heterocycles. The first-order valence-corrected chi connectivity index (χ1v) is 8.06. The zero-order valence-corrected chi connectivity index (χ0v) is 12.3. The van der Waals surface area contributed by atoms with Gasteiger partial charge in [0.15, 0.2) is 0 Å². The average Bonchev–Trinajstić information content (AvgIpc) is 2.38. The van der Waals surface area contributed by atoms with Crippen LogP contribution in [0, 0.1) is 0 Å². The second kappa shape index (κ2) is 9.78. The summed E-state index contributed by atoms with van der Waals surface area (Å²) in [4.78, 5) is 4.14. The summed E-state index contributed by atoms with van der Waals surface area (Å²) in [6.07, 6.45) is 13.2. The lowest BCUT2D eigenvalue weighted by Gasteiger charge is -2.19. The molecule has 0 amide bonds. The van der Waals surface area contributed by atoms with Crippen molar-refractivity contribution in [2.45, 2.75) is 46.0 Å². The first-order chi connectivity index (χ1) is 8.36. The van der Waals surface area contributed by atoms with Crippen LogP contribution in [0.25, 0.3) is 0 Å². The summed E-state index contributed by atoms with van der Waals surface area (Å²) in [6.45, 7) is 8.28. The van der Waals surface area contributed by atoms with E-state index in [1.807, 2.05) is 0 Å². The SMILES string of the molecule is CCCN(CC)CCCCSC1=CC=CCC1. The minimum absolute atomic E-state index is 1.21. The van der Waals surface area contributed by atoms with E-state index >= 15 is 0 Å². The molecule has 0 saturated heterocycles. The third-order valence-electron chi connectivity index (χ3n) is 3.12. The fourth-order valence-electron chi connectivity index (χ4n) is 2.09. The van der Waals surface area contributed by atoms with Gasteiger partial charge < -0.3 is 4.90 Å². The van der Waals surface area contributed by atoms with E-state index in [4.69, 9.17) is 0 Å². The van der Waals surface area contributed by atoms with E-state index in [0.29, 0.717) is 0 Å². The zero-order valence-electron chi connectivity index (χ0n) is 11.5. The van der Waals surface area contributed by atoms with Gasteiger partial charge in [-0.1, -0.05) is 32.1 Å². The van der Waals surface area contributed by atoms with Gasteiger partial charge in [-0.05, 0) is 62.4 Å². The molecule has 1 aliphatic carbocycles. The van der Waals surface area contributed by atoms with Crippen LogP contribution in [0.2, 0.25) is 0 Å². The van der Waals surface area contributed by atoms with Gasteiger partial charge in [0.1, 0.15) is 0 Å². The maximum atomic E-state index is 2.56. The molecule has 0 saturated carbocycles. The van der Waals surface area contributed by atoms with Crippen molar-refractivity contribution in [2.24, 2.45) is 0 Å². The second-order valence-electron chi connectivity index (χ2n) is 4.59. The molecule has 0 heterocycles. The van der Waals surface area contributed by atoms with Gasteiger partial charge in [-0.15, -0.1) is 11.8 Å². The molecule has 0 radical (unpaired) electrons. The van der Waals surface area contributed by atoms with Crippen LogP contribution in [0.4, 0.5) is 0 Å². The molecule has 98 valence electrons. The number of hydrogen-bond donors (Lipinski definition) is 0. The van der Waals surface area contributed by atoms with E-state index in [0.717, 1.165) is 0 Å². The molecular formula is C15H27NS. The Morgan fingerprint density at radius 1 is 1.24 bits per heavy atom. The third kappa shape index (κ3) is 6.95. The van der Waals surface area contributed by atoms with E-state index < -0.39 is 0 Å². The normalized spacial score (nSPS) is 15.4. The lowest BCUT2D eigenvalue weighted by Crippen LogP contribution is -2.25. The van der Waals surface area contributed by atoms with Crippen LogP contribution in [0.3, 0.4) is 0 Å². The van der Waals surface area contributed by atoms with Crippen LogP contribution in [0.1, 0.15) is 46.0 Å². The summed E-state index contributed by atoms with van der Waals surface area (Å²) in [6, 6.07) is 0. The topological polar surface area (TPSA) is 3.24 Å². The molecule has 0 spiro atoms. The highest BCUT2D eigenvalue weighted by Gasteiger charge is 2.02. The van der Waals surface area contributed by atoms with Crippen molar-refractivity contribution in [1.29, 1.82) is 0 Å². The van der Waals surface area contributed by atoms with Crippen LogP contribution >= 0.6 is 11.8 Å². The van der Waals surface area contributed by atoms with Gasteiger partial charge in [-0.25, -0.2) is 0 Å². The summed E-state index contributed by atoms with van der Waals surface area (Å²) in [5.41, 5.74) is 0. The standard InChI is InChI=1S/C15H27NS/c1-3-12-16(4-2)13-8-9-14-17-15-10-6-5-7-11-15/h5-6,10H,3-4,7-9,11-14H2,1-2H3. The molecule has 0 fully saturated rings. The Labute approximate surface area is 111 Å². The zero-order chi connectivity index (χ0) is 12.3. The monoisotopic (exact) mass is 253 g/mol. The predicted molar refractivity (Wildman–Crippen MR) is 80.6 cm³/mol. The summed E-state index contributed by atoms with van der Waals surface area (Å²) >= 11 is 2.06. The van der Waals surface area contributed by atoms with Crippen LogP contribution < -0.4 is 0 Å². The lowest BCUT2D eigenvalue weighted by atomic mass is 10.2. The van der Waals surface area contributed by atoms with Crippen molar-refractivity contribution in [3.05, 3.63) is 23.1 Å². The second-order valence-corrected chi connectivity index (χ2v) is 5.81. The Balaban J connectivity index is 2.00. The highest BCUT2D eigenvalue weighted by atomic mass is 32.2. The number of hydrogen-bond acceptors (Lipinski definition) is 2. The van der Waals surface area contributed by atoms with E-state index in [-0.39, 0.29) is 0 Å². The minimum Gasteiger partial charge on any atom is -0.304 e. The molecule has 1 aliphatic rings. The fourth-order valence-corrected chi connectivity index (χ4v) is 3.13. The lowest BCUT2D eigenvalue weighted by molar-refractivity contribution is 0.284. The molecule has 2 heteroatoms. The highest BCUT2D eigenvalue weighted by molar-refractivity contribution is 8.03. The number of nitrogens with zero attached hydrogens (tertiary/aromatic N) is 1. The summed E-state index contributed by atoms with van der Waals surface area (Å²) in [5.74, 6) is 1.29. The van der Waals surface area contributed by atoms with Crippen LogP contribution in [-0.4, -0.2) is 30.3 Å². The minimum atomic E-state index is 1.21. The number of rotatable bonds is 9. The molecule has 1 nitrogen and oxygen atoms in total. The van der Waals surface area contributed by atoms with E-state index in [9.17, 15) is 0 Å². The molecule has 0 N–H and O–H groups in total. The summed E-state index contributed by atoms with van der Waals surface area (Å²) in [7, 11) is 0. The van der Waals surface area contributed by atoms with Gasteiger partial charge in [0.05, 0.1) is 0 Å². The van der Waals surface area contributed by atoms with Gasteiger partial charge in [0.2, 0.25) is 0 Å². The maximum absolute atomic E-state index is 2.56. The Kier molecular flexibility index (Phi) is 8.55. The van der Waals surface area contributed by atoms with Crippen molar-refractivity contribution in [2.75, 3.05) is 25.4 Å². The number of allylic oxidation sites excluding steroid dienone is 4. The molecule has 1 rings (SSSR count). The Bertz CT molecular complexity index is 245. The van der Waals surface area contributed by atoms with Crippen molar-refractivity contribution in [1.82, 2.24) is 4.90 Å². The smallest absolute Gasteiger partial charge is 0.00186 e. The summed E-state index contributed by atoms with van der Waals surface area (Å²) < 4.78 is 0. The average molecular weight is 253 g/mol. The van der Waals surface area contributed by atoms with Crippen LogP contribution in [0.5, 0.6) is 0 Å². The van der Waals surface area contributed by atoms with Crippen LogP contribution in [-0.2, 0) is 0 Å². The predicted octanol–water partition coefficient (Wildman–Crippen LogP) is 4.47. The van der Waals surface area contributed by atoms with Crippen molar-refractivity contribution >= 4 is 11.8 Å². The molecule has 0 bridgehead atoms. The van der Waals surface area contributed by atoms with Gasteiger partial charge in [0, 0.05) is 0 Å². The van der Waals surface area contributed by atoms with Crippen molar-refractivity contribution in [3.63, 3.8) is 0 Å². The van der Waals surface area contributed by atoms with Crippen LogP contribution in [0.15, 0.2) is 23.1 Å². The molecular weight excluding hydrogens is 226 g/mol. The van der Waals surface area contributed by atoms with E-state index in [2.05, 4.69) is 48.7 Å². The van der Waals surface area contributed by atoms with E-state index in [1.54, 1.807) is 4.91 Å². The number of thioether (sulfide) groups is 1. The maximum Gasteiger partial charge on any atom is -0.00186 e. The highest BCUT2D eigenvalue weighted by Crippen LogP contribution is 2.25. The van der Waals surface area contributed by atoms with Gasteiger partial charge in [0.25, 0.3) is 0 Å². The van der Waals surface area contributed by atoms with E-state index in [1.165, 1.54) is 57.5 Å². The molecule has 0 aliphatic heterocycles. The largest absolute Gasteiger partial charge is 0.304 e. The molecule has 17 heavy (non-hydrogen) atoms. The van der Waals surface area contributed by atoms with Gasteiger partial charge in [-0.3, -0.25) is 0 Å². The molecule has 0 aromatic rings. The molecule has 0 unspecified atom stereocenters. The Morgan fingerprint density at radius 2 is 2.12 bits per heavy atom. The fraction of sp³-hybridized carbons (Fsp3) is 0.733. The first-order valence-electron chi connectivity index (χ1n) is 7.07. The quantitative estimate of drug-likeness (QED) is 0.558. The van der Waals surface area contributed by atoms with Gasteiger partial charge >= 0.3 is 0 Å². The van der Waals surface area contributed by atoms with Crippen molar-refractivity contribution in [3.8, 4) is 0 Å². The Morgan fingerprint density at radius 3 is 2.76 bits per heavy atom. The number of unbranched alkanes of at least 4 members (excludes halogenated alkanes) is 1. The summed E-state index contributed by atoms with van der Waals surface area (Å²) in [5, 5.41) is 0. The molecule has 0 aromatic carbocycles. The van der Waals surface area contributed by atoms with Crippen molar-refractivity contribution < 1.29 is 0 Å².